The molecule has 0 radical (unpaired) electrons. The van der Waals surface area contributed by atoms with E-state index in [0.717, 1.165) is 0 Å². The van der Waals surface area contributed by atoms with E-state index in [-0.39, 0.29) is 6.16 Å². The zero-order valence-corrected chi connectivity index (χ0v) is 12.4. The predicted octanol–water partition coefficient (Wildman–Crippen LogP) is 2.85. The van der Waals surface area contributed by atoms with Crippen LogP contribution in [0.1, 0.15) is 18.1 Å². The number of aliphatic carboxylic acids is 1. The molecule has 6 heteroatoms. The normalized spacial score (nSPS) is 16.7. The Morgan fingerprint density at radius 2 is 1.90 bits per heavy atom. The molecule has 2 unspecified atom stereocenters. The molecule has 1 aromatic heterocycles. The minimum atomic E-state index is -4.05. The van der Waals surface area contributed by atoms with Crippen molar-refractivity contribution in [2.75, 3.05) is 0 Å². The fraction of sp³-hybridized carbons (Fsp3) is 0.200. The van der Waals surface area contributed by atoms with Crippen LogP contribution in [0.3, 0.4) is 0 Å². The van der Waals surface area contributed by atoms with Crippen LogP contribution >= 0.6 is 7.37 Å². The Labute approximate surface area is 122 Å². The summed E-state index contributed by atoms with van der Waals surface area (Å²) in [5.41, 5.74) is 0.846. The van der Waals surface area contributed by atoms with Gasteiger partial charge in [-0.25, -0.2) is 0 Å². The molecule has 1 aromatic carbocycles. The van der Waals surface area contributed by atoms with Gasteiger partial charge in [-0.15, -0.1) is 0 Å². The van der Waals surface area contributed by atoms with Gasteiger partial charge in [-0.2, -0.15) is 0 Å². The maximum atomic E-state index is 12.8. The van der Waals surface area contributed by atoms with Crippen molar-refractivity contribution in [3.63, 3.8) is 0 Å². The zero-order chi connectivity index (χ0) is 15.5. The highest BCUT2D eigenvalue weighted by Crippen LogP contribution is 2.62. The van der Waals surface area contributed by atoms with Crippen LogP contribution in [0, 0.1) is 0 Å². The lowest BCUT2D eigenvalue weighted by atomic mass is 10.0. The fourth-order valence-electron chi connectivity index (χ4n) is 2.13. The quantitative estimate of drug-likeness (QED) is 0.829. The van der Waals surface area contributed by atoms with Gasteiger partial charge in [0.1, 0.15) is 0 Å². The van der Waals surface area contributed by atoms with E-state index in [9.17, 15) is 19.4 Å². The van der Waals surface area contributed by atoms with E-state index in [2.05, 4.69) is 4.98 Å². The van der Waals surface area contributed by atoms with E-state index in [0.29, 0.717) is 11.1 Å². The van der Waals surface area contributed by atoms with Crippen LogP contribution in [-0.2, 0) is 20.7 Å². The Hall–Kier alpha value is -1.97. The van der Waals surface area contributed by atoms with Gasteiger partial charge >= 0.3 is 5.97 Å². The monoisotopic (exact) mass is 305 g/mol. The Kier molecular flexibility index (Phi) is 4.26. The molecule has 0 aliphatic heterocycles. The number of rotatable bonds is 5. The molecule has 0 spiro atoms. The molecule has 0 bridgehead atoms. The number of carboxylic acids is 1. The Balaban J connectivity index is 2.47. The minimum absolute atomic E-state index is 0.238. The summed E-state index contributed by atoms with van der Waals surface area (Å²) < 4.78 is 12.8. The first kappa shape index (κ1) is 15.4. The smallest absolute Gasteiger partial charge is 0.323 e. The van der Waals surface area contributed by atoms with E-state index < -0.39 is 18.5 Å². The molecule has 0 aliphatic rings. The summed E-state index contributed by atoms with van der Waals surface area (Å²) in [5, 5.41) is 7.69. The number of benzene rings is 1. The number of carbonyl (C=O) groups is 1. The van der Waals surface area contributed by atoms with Crippen molar-refractivity contribution in [3.8, 4) is 0 Å². The van der Waals surface area contributed by atoms with Crippen molar-refractivity contribution < 1.29 is 19.4 Å². The molecule has 0 amide bonds. The maximum absolute atomic E-state index is 12.8. The third-order valence-corrected chi connectivity index (χ3v) is 6.21. The summed E-state index contributed by atoms with van der Waals surface area (Å²) in [6.45, 7) is 1.29. The van der Waals surface area contributed by atoms with Crippen molar-refractivity contribution in [3.05, 3.63) is 66.0 Å². The second kappa shape index (κ2) is 5.80. The van der Waals surface area contributed by atoms with E-state index in [4.69, 9.17) is 0 Å². The minimum Gasteiger partial charge on any atom is -0.480 e. The molecular formula is C15H16NO4P. The molecule has 1 heterocycles. The molecule has 2 rings (SSSR count). The summed E-state index contributed by atoms with van der Waals surface area (Å²) in [4.78, 5) is 26.1. The Morgan fingerprint density at radius 3 is 2.43 bits per heavy atom. The molecule has 2 N–H and O–H groups in total. The summed E-state index contributed by atoms with van der Waals surface area (Å²) in [7, 11) is -4.05. The van der Waals surface area contributed by atoms with Crippen LogP contribution in [0.4, 0.5) is 0 Å². The number of hydrogen-bond donors (Lipinski definition) is 2. The first-order chi connectivity index (χ1) is 9.88. The van der Waals surface area contributed by atoms with E-state index >= 15 is 0 Å². The summed E-state index contributed by atoms with van der Waals surface area (Å²) in [5.74, 6) is -1.32. The highest BCUT2D eigenvalue weighted by atomic mass is 31.2. The lowest BCUT2D eigenvalue weighted by Gasteiger charge is -2.30. The molecule has 2 aromatic rings. The van der Waals surface area contributed by atoms with Gasteiger partial charge in [0.25, 0.3) is 0 Å². The fourth-order valence-corrected chi connectivity index (χ4v) is 3.98. The summed E-state index contributed by atoms with van der Waals surface area (Å²) >= 11 is 0. The largest absolute Gasteiger partial charge is 0.480 e. The maximum Gasteiger partial charge on any atom is 0.323 e. The number of nitrogens with zero attached hydrogens (tertiary/aromatic N) is 1. The molecule has 2 atom stereocenters. The van der Waals surface area contributed by atoms with Gasteiger partial charge < -0.3 is 10.00 Å². The van der Waals surface area contributed by atoms with Crippen LogP contribution in [0.25, 0.3) is 0 Å². The van der Waals surface area contributed by atoms with Crippen molar-refractivity contribution in [1.82, 2.24) is 4.98 Å². The van der Waals surface area contributed by atoms with Crippen LogP contribution in [0.15, 0.2) is 54.9 Å². The van der Waals surface area contributed by atoms with E-state index in [1.807, 2.05) is 0 Å². The van der Waals surface area contributed by atoms with Gasteiger partial charge in [0.2, 0.25) is 7.37 Å². The van der Waals surface area contributed by atoms with Crippen LogP contribution in [-0.4, -0.2) is 21.0 Å². The van der Waals surface area contributed by atoms with Gasteiger partial charge in [-0.1, -0.05) is 36.4 Å². The van der Waals surface area contributed by atoms with Crippen LogP contribution in [0.2, 0.25) is 0 Å². The molecule has 0 fully saturated rings. The standard InChI is InChI=1S/C15H16NO4P/c1-15(14(17)18,13-7-3-2-4-8-13)21(19,20)11-12-6-5-9-16-10-12/h2-10H,11H2,1H3,(H,17,18)(H,19,20). The van der Waals surface area contributed by atoms with Crippen molar-refractivity contribution in [1.29, 1.82) is 0 Å². The predicted molar refractivity (Wildman–Crippen MR) is 79.2 cm³/mol. The molecule has 110 valence electrons. The first-order valence-corrected chi connectivity index (χ1v) is 8.22. The molecular weight excluding hydrogens is 289 g/mol. The second-order valence-electron chi connectivity index (χ2n) is 4.96. The third-order valence-electron chi connectivity index (χ3n) is 3.57. The van der Waals surface area contributed by atoms with Gasteiger partial charge in [0, 0.05) is 12.4 Å². The van der Waals surface area contributed by atoms with Gasteiger partial charge in [-0.3, -0.25) is 14.3 Å². The van der Waals surface area contributed by atoms with Crippen molar-refractivity contribution in [2.45, 2.75) is 18.2 Å². The Morgan fingerprint density at radius 1 is 1.24 bits per heavy atom. The van der Waals surface area contributed by atoms with Crippen molar-refractivity contribution in [2.24, 2.45) is 0 Å². The molecule has 0 saturated heterocycles. The van der Waals surface area contributed by atoms with Crippen LogP contribution < -0.4 is 0 Å². The molecule has 21 heavy (non-hydrogen) atoms. The highest BCUT2D eigenvalue weighted by Gasteiger charge is 2.51. The average molecular weight is 305 g/mol. The topological polar surface area (TPSA) is 87.5 Å². The van der Waals surface area contributed by atoms with Crippen molar-refractivity contribution >= 4 is 13.3 Å². The molecule has 0 saturated carbocycles. The van der Waals surface area contributed by atoms with Gasteiger partial charge in [0.05, 0.1) is 6.16 Å². The SMILES string of the molecule is CC(C(=O)O)(c1ccccc1)P(=O)(O)Cc1cccnc1. The number of carboxylic acid groups (broad SMARTS) is 1. The van der Waals surface area contributed by atoms with E-state index in [1.54, 1.807) is 48.7 Å². The van der Waals surface area contributed by atoms with Gasteiger partial charge in [-0.05, 0) is 24.1 Å². The first-order valence-electron chi connectivity index (χ1n) is 6.37. The lowest BCUT2D eigenvalue weighted by molar-refractivity contribution is -0.140. The lowest BCUT2D eigenvalue weighted by Crippen LogP contribution is -2.33. The van der Waals surface area contributed by atoms with E-state index in [1.165, 1.54) is 13.1 Å². The molecule has 5 nitrogen and oxygen atoms in total. The summed E-state index contributed by atoms with van der Waals surface area (Å²) in [6, 6.07) is 11.5. The van der Waals surface area contributed by atoms with Crippen LogP contribution in [0.5, 0.6) is 0 Å². The number of aromatic nitrogens is 1. The summed E-state index contributed by atoms with van der Waals surface area (Å²) in [6.07, 6.45) is 2.79. The molecule has 0 aliphatic carbocycles. The third kappa shape index (κ3) is 2.89. The second-order valence-corrected chi connectivity index (χ2v) is 7.58. The highest BCUT2D eigenvalue weighted by molar-refractivity contribution is 7.59. The van der Waals surface area contributed by atoms with Gasteiger partial charge in [0.15, 0.2) is 5.16 Å². The zero-order valence-electron chi connectivity index (χ0n) is 11.5. The number of pyridine rings is 1. The number of hydrogen-bond acceptors (Lipinski definition) is 3. The average Bonchev–Trinajstić information content (AvgIpc) is 2.47. The Bertz CT molecular complexity index is 675.